The molecular weight excluding hydrogens is 282 g/mol. The van der Waals surface area contributed by atoms with Crippen LogP contribution in [0.1, 0.15) is 42.1 Å². The number of carboxylic acid groups (broad SMARTS) is 1. The summed E-state index contributed by atoms with van der Waals surface area (Å²) >= 11 is 0. The van der Waals surface area contributed by atoms with E-state index >= 15 is 0 Å². The van der Waals surface area contributed by atoms with Gasteiger partial charge in [-0.15, -0.1) is 0 Å². The molecule has 1 amide bonds. The van der Waals surface area contributed by atoms with E-state index in [2.05, 4.69) is 0 Å². The molecule has 22 heavy (non-hydrogen) atoms. The lowest BCUT2D eigenvalue weighted by molar-refractivity contribution is -0.152. The molecule has 1 aliphatic rings. The maximum Gasteiger partial charge on any atom is 0.309 e. The Kier molecular flexibility index (Phi) is 4.74. The molecule has 0 unspecified atom stereocenters. The largest absolute Gasteiger partial charge is 0.496 e. The number of ether oxygens (including phenoxy) is 1. The molecule has 0 spiro atoms. The minimum atomic E-state index is -0.754. The van der Waals surface area contributed by atoms with E-state index in [-0.39, 0.29) is 5.91 Å². The molecule has 0 aliphatic carbocycles. The number of rotatable bonds is 4. The zero-order valence-electron chi connectivity index (χ0n) is 13.4. The van der Waals surface area contributed by atoms with E-state index < -0.39 is 11.4 Å². The number of carbonyl (C=O) groups excluding carboxylic acids is 1. The molecule has 1 heterocycles. The summed E-state index contributed by atoms with van der Waals surface area (Å²) in [6, 6.07) is 5.51. The van der Waals surface area contributed by atoms with Crippen LogP contribution in [0.5, 0.6) is 5.75 Å². The molecule has 1 N–H and O–H groups in total. The Morgan fingerprint density at radius 1 is 1.32 bits per heavy atom. The molecule has 120 valence electrons. The standard InChI is InChI=1S/C17H23NO4/c1-4-17(16(20)21)8-10-18(11-9-17)15(19)14-12(2)6-5-7-13(14)22-3/h5-7H,4,8-11H2,1-3H3,(H,20,21). The minimum absolute atomic E-state index is 0.0787. The summed E-state index contributed by atoms with van der Waals surface area (Å²) in [5.74, 6) is -0.267. The summed E-state index contributed by atoms with van der Waals surface area (Å²) in [7, 11) is 1.55. The van der Waals surface area contributed by atoms with Gasteiger partial charge in [-0.05, 0) is 37.8 Å². The third-order valence-electron chi connectivity index (χ3n) is 4.81. The van der Waals surface area contributed by atoms with Crippen molar-refractivity contribution in [3.8, 4) is 5.75 Å². The third kappa shape index (κ3) is 2.80. The summed E-state index contributed by atoms with van der Waals surface area (Å²) in [5, 5.41) is 9.43. The maximum absolute atomic E-state index is 12.8. The van der Waals surface area contributed by atoms with E-state index in [1.54, 1.807) is 18.1 Å². The Hall–Kier alpha value is -2.04. The second kappa shape index (κ2) is 6.38. The van der Waals surface area contributed by atoms with Crippen molar-refractivity contribution in [1.29, 1.82) is 0 Å². The van der Waals surface area contributed by atoms with Crippen LogP contribution < -0.4 is 4.74 Å². The van der Waals surface area contributed by atoms with Crippen LogP contribution in [0.2, 0.25) is 0 Å². The molecule has 1 aromatic carbocycles. The van der Waals surface area contributed by atoms with Crippen LogP contribution in [0.25, 0.3) is 0 Å². The number of nitrogens with zero attached hydrogens (tertiary/aromatic N) is 1. The lowest BCUT2D eigenvalue weighted by atomic mass is 9.76. The number of methoxy groups -OCH3 is 1. The number of carboxylic acids is 1. The van der Waals surface area contributed by atoms with Crippen LogP contribution in [-0.2, 0) is 4.79 Å². The lowest BCUT2D eigenvalue weighted by Gasteiger charge is -2.38. The van der Waals surface area contributed by atoms with Gasteiger partial charge in [-0.25, -0.2) is 0 Å². The number of benzene rings is 1. The fraction of sp³-hybridized carbons (Fsp3) is 0.529. The van der Waals surface area contributed by atoms with E-state index in [9.17, 15) is 14.7 Å². The van der Waals surface area contributed by atoms with Gasteiger partial charge < -0.3 is 14.7 Å². The summed E-state index contributed by atoms with van der Waals surface area (Å²) in [6.07, 6.45) is 1.59. The average molecular weight is 305 g/mol. The Morgan fingerprint density at radius 3 is 2.45 bits per heavy atom. The van der Waals surface area contributed by atoms with Crippen molar-refractivity contribution < 1.29 is 19.4 Å². The first-order valence-corrected chi connectivity index (χ1v) is 7.61. The van der Waals surface area contributed by atoms with Crippen LogP contribution >= 0.6 is 0 Å². The zero-order valence-corrected chi connectivity index (χ0v) is 13.4. The van der Waals surface area contributed by atoms with Gasteiger partial charge in [-0.2, -0.15) is 0 Å². The molecule has 2 rings (SSSR count). The Morgan fingerprint density at radius 2 is 1.95 bits per heavy atom. The topological polar surface area (TPSA) is 66.8 Å². The first-order valence-electron chi connectivity index (χ1n) is 7.61. The van der Waals surface area contributed by atoms with E-state index in [4.69, 9.17) is 4.74 Å². The number of aliphatic carboxylic acids is 1. The lowest BCUT2D eigenvalue weighted by Crippen LogP contribution is -2.46. The molecule has 0 atom stereocenters. The molecule has 0 aromatic heterocycles. The molecule has 1 saturated heterocycles. The number of hydrogen-bond donors (Lipinski definition) is 1. The van der Waals surface area contributed by atoms with Gasteiger partial charge >= 0.3 is 5.97 Å². The fourth-order valence-electron chi connectivity index (χ4n) is 3.10. The summed E-state index contributed by atoms with van der Waals surface area (Å²) in [5.41, 5.74) is 0.756. The number of amides is 1. The van der Waals surface area contributed by atoms with Crippen LogP contribution in [0.15, 0.2) is 18.2 Å². The predicted molar refractivity (Wildman–Crippen MR) is 83.2 cm³/mol. The number of carbonyl (C=O) groups is 2. The molecule has 0 radical (unpaired) electrons. The summed E-state index contributed by atoms with van der Waals surface area (Å²) in [6.45, 7) is 4.72. The van der Waals surface area contributed by atoms with Crippen LogP contribution in [0, 0.1) is 12.3 Å². The minimum Gasteiger partial charge on any atom is -0.496 e. The highest BCUT2D eigenvalue weighted by Gasteiger charge is 2.41. The zero-order chi connectivity index (χ0) is 16.3. The maximum atomic E-state index is 12.8. The Labute approximate surface area is 130 Å². The smallest absolute Gasteiger partial charge is 0.309 e. The SMILES string of the molecule is CCC1(C(=O)O)CCN(C(=O)c2c(C)cccc2OC)CC1. The van der Waals surface area contributed by atoms with Crippen LogP contribution in [0.4, 0.5) is 0 Å². The third-order valence-corrected chi connectivity index (χ3v) is 4.81. The molecule has 0 bridgehead atoms. The number of piperidine rings is 1. The fourth-order valence-corrected chi connectivity index (χ4v) is 3.10. The van der Waals surface area contributed by atoms with Crippen molar-refractivity contribution >= 4 is 11.9 Å². The highest BCUT2D eigenvalue weighted by atomic mass is 16.5. The summed E-state index contributed by atoms with van der Waals surface area (Å²) in [4.78, 5) is 26.0. The molecule has 1 aliphatic heterocycles. The Balaban J connectivity index is 2.19. The van der Waals surface area contributed by atoms with Crippen molar-refractivity contribution in [2.45, 2.75) is 33.1 Å². The van der Waals surface area contributed by atoms with E-state index in [0.717, 1.165) is 5.56 Å². The van der Waals surface area contributed by atoms with Crippen molar-refractivity contribution in [3.05, 3.63) is 29.3 Å². The highest BCUT2D eigenvalue weighted by molar-refractivity contribution is 5.98. The molecular formula is C17H23NO4. The normalized spacial score (nSPS) is 17.1. The molecule has 5 heteroatoms. The van der Waals surface area contributed by atoms with Gasteiger partial charge in [-0.3, -0.25) is 9.59 Å². The van der Waals surface area contributed by atoms with Crippen molar-refractivity contribution in [2.24, 2.45) is 5.41 Å². The van der Waals surface area contributed by atoms with Gasteiger partial charge in [0.1, 0.15) is 5.75 Å². The van der Waals surface area contributed by atoms with Gasteiger partial charge in [-0.1, -0.05) is 19.1 Å². The first kappa shape index (κ1) is 16.3. The average Bonchev–Trinajstić information content (AvgIpc) is 2.53. The number of likely N-dealkylation sites (tertiary alicyclic amines) is 1. The second-order valence-electron chi connectivity index (χ2n) is 5.88. The van der Waals surface area contributed by atoms with Crippen molar-refractivity contribution in [1.82, 2.24) is 4.90 Å². The van der Waals surface area contributed by atoms with E-state index in [0.29, 0.717) is 43.7 Å². The van der Waals surface area contributed by atoms with Crippen molar-refractivity contribution in [2.75, 3.05) is 20.2 Å². The molecule has 0 saturated carbocycles. The monoisotopic (exact) mass is 305 g/mol. The van der Waals surface area contributed by atoms with Gasteiger partial charge in [0.2, 0.25) is 0 Å². The van der Waals surface area contributed by atoms with Crippen LogP contribution in [0.3, 0.4) is 0 Å². The summed E-state index contributed by atoms with van der Waals surface area (Å²) < 4.78 is 5.30. The first-order chi connectivity index (χ1) is 10.4. The van der Waals surface area contributed by atoms with Gasteiger partial charge in [0, 0.05) is 13.1 Å². The quantitative estimate of drug-likeness (QED) is 0.929. The molecule has 5 nitrogen and oxygen atoms in total. The van der Waals surface area contributed by atoms with Crippen LogP contribution in [-0.4, -0.2) is 42.1 Å². The molecule has 1 fully saturated rings. The highest BCUT2D eigenvalue weighted by Crippen LogP contribution is 2.36. The van der Waals surface area contributed by atoms with Gasteiger partial charge in [0.05, 0.1) is 18.1 Å². The van der Waals surface area contributed by atoms with E-state index in [1.165, 1.54) is 0 Å². The number of hydrogen-bond acceptors (Lipinski definition) is 3. The second-order valence-corrected chi connectivity index (χ2v) is 5.88. The van der Waals surface area contributed by atoms with Gasteiger partial charge in [0.25, 0.3) is 5.91 Å². The molecule has 1 aromatic rings. The van der Waals surface area contributed by atoms with Gasteiger partial charge in [0.15, 0.2) is 0 Å². The van der Waals surface area contributed by atoms with E-state index in [1.807, 2.05) is 26.0 Å². The predicted octanol–water partition coefficient (Wildman–Crippen LogP) is 2.72. The number of aryl methyl sites for hydroxylation is 1. The Bertz CT molecular complexity index is 574. The van der Waals surface area contributed by atoms with Crippen molar-refractivity contribution in [3.63, 3.8) is 0 Å².